The van der Waals surface area contributed by atoms with E-state index in [2.05, 4.69) is 20.6 Å². The second-order valence-electron chi connectivity index (χ2n) is 4.63. The first-order valence-electron chi connectivity index (χ1n) is 6.29. The van der Waals surface area contributed by atoms with Crippen LogP contribution >= 0.6 is 0 Å². The molecule has 0 spiro atoms. The summed E-state index contributed by atoms with van der Waals surface area (Å²) in [5.41, 5.74) is 1.80. The van der Waals surface area contributed by atoms with Crippen molar-refractivity contribution >= 4 is 22.9 Å². The zero-order valence-electron chi connectivity index (χ0n) is 10.1. The lowest BCUT2D eigenvalue weighted by Crippen LogP contribution is -2.23. The minimum Gasteiger partial charge on any atom is -0.324 e. The second-order valence-corrected chi connectivity index (χ2v) is 4.63. The van der Waals surface area contributed by atoms with Gasteiger partial charge in [0.15, 0.2) is 0 Å². The number of fused-ring (bicyclic) bond motifs is 1. The Kier molecular flexibility index (Phi) is 2.98. The topological polar surface area (TPSA) is 69.8 Å². The summed E-state index contributed by atoms with van der Waals surface area (Å²) in [5, 5.41) is 6.09. The first kappa shape index (κ1) is 11.2. The number of amides is 1. The molecule has 3 N–H and O–H groups in total. The van der Waals surface area contributed by atoms with Gasteiger partial charge in [-0.3, -0.25) is 10.1 Å². The number of benzene rings is 1. The Morgan fingerprint density at radius 1 is 1.39 bits per heavy atom. The number of nitrogens with zero attached hydrogens (tertiary/aromatic N) is 1. The highest BCUT2D eigenvalue weighted by Crippen LogP contribution is 2.18. The lowest BCUT2D eigenvalue weighted by molar-refractivity contribution is -0.116. The highest BCUT2D eigenvalue weighted by Gasteiger charge is 2.20. The number of para-hydroxylation sites is 2. The van der Waals surface area contributed by atoms with Crippen LogP contribution in [0.5, 0.6) is 0 Å². The number of carbonyl (C=O) groups excluding carboxylic acids is 1. The first-order valence-corrected chi connectivity index (χ1v) is 6.29. The van der Waals surface area contributed by atoms with Crippen LogP contribution < -0.4 is 10.6 Å². The quantitative estimate of drug-likeness (QED) is 0.749. The molecule has 0 radical (unpaired) electrons. The van der Waals surface area contributed by atoms with E-state index in [9.17, 15) is 4.79 Å². The van der Waals surface area contributed by atoms with Gasteiger partial charge in [0.05, 0.1) is 11.0 Å². The number of rotatable bonds is 5. The molecule has 0 atom stereocenters. The van der Waals surface area contributed by atoms with E-state index in [0.717, 1.165) is 17.6 Å². The molecule has 1 aromatic heterocycles. The average molecular weight is 244 g/mol. The van der Waals surface area contributed by atoms with Crippen molar-refractivity contribution in [2.45, 2.75) is 25.3 Å². The highest BCUT2D eigenvalue weighted by atomic mass is 16.1. The third-order valence-electron chi connectivity index (χ3n) is 3.01. The average Bonchev–Trinajstić information content (AvgIpc) is 3.08. The van der Waals surface area contributed by atoms with Crippen LogP contribution in [0.1, 0.15) is 19.3 Å². The SMILES string of the molecule is O=C(CCNC1CC1)Nc1nc2ccccc2[nH]1. The van der Waals surface area contributed by atoms with Gasteiger partial charge in [0.1, 0.15) is 0 Å². The Hall–Kier alpha value is -1.88. The van der Waals surface area contributed by atoms with Gasteiger partial charge in [-0.05, 0) is 25.0 Å². The summed E-state index contributed by atoms with van der Waals surface area (Å²) in [4.78, 5) is 19.1. The summed E-state index contributed by atoms with van der Waals surface area (Å²) in [5.74, 6) is 0.509. The Morgan fingerprint density at radius 3 is 3.00 bits per heavy atom. The Bertz CT molecular complexity index is 526. The smallest absolute Gasteiger partial charge is 0.227 e. The Labute approximate surface area is 105 Å². The molecule has 1 fully saturated rings. The zero-order chi connectivity index (χ0) is 12.4. The molecular formula is C13H16N4O. The van der Waals surface area contributed by atoms with Crippen LogP contribution in [-0.2, 0) is 4.79 Å². The van der Waals surface area contributed by atoms with E-state index in [1.807, 2.05) is 24.3 Å². The molecule has 1 heterocycles. The fourth-order valence-corrected chi connectivity index (χ4v) is 1.88. The van der Waals surface area contributed by atoms with Crippen LogP contribution in [-0.4, -0.2) is 28.5 Å². The summed E-state index contributed by atoms with van der Waals surface area (Å²) < 4.78 is 0. The summed E-state index contributed by atoms with van der Waals surface area (Å²) >= 11 is 0. The molecule has 0 bridgehead atoms. The van der Waals surface area contributed by atoms with Crippen LogP contribution in [0, 0.1) is 0 Å². The van der Waals surface area contributed by atoms with Crippen molar-refractivity contribution in [1.82, 2.24) is 15.3 Å². The molecule has 18 heavy (non-hydrogen) atoms. The van der Waals surface area contributed by atoms with Gasteiger partial charge < -0.3 is 10.3 Å². The molecule has 5 heteroatoms. The van der Waals surface area contributed by atoms with E-state index in [-0.39, 0.29) is 5.91 Å². The summed E-state index contributed by atoms with van der Waals surface area (Å²) in [6.07, 6.45) is 2.96. The number of H-pyrrole nitrogens is 1. The predicted octanol–water partition coefficient (Wildman–Crippen LogP) is 1.64. The number of hydrogen-bond donors (Lipinski definition) is 3. The third kappa shape index (κ3) is 2.68. The fraction of sp³-hybridized carbons (Fsp3) is 0.385. The van der Waals surface area contributed by atoms with Gasteiger partial charge in [0, 0.05) is 19.0 Å². The molecule has 0 saturated heterocycles. The standard InChI is InChI=1S/C13H16N4O/c18-12(7-8-14-9-5-6-9)17-13-15-10-3-1-2-4-11(10)16-13/h1-4,9,14H,5-8H2,(H2,15,16,17,18). The fourth-order valence-electron chi connectivity index (χ4n) is 1.88. The molecule has 1 aliphatic carbocycles. The number of carbonyl (C=O) groups is 1. The molecule has 3 rings (SSSR count). The molecule has 1 saturated carbocycles. The largest absolute Gasteiger partial charge is 0.324 e. The lowest BCUT2D eigenvalue weighted by atomic mass is 10.3. The van der Waals surface area contributed by atoms with Gasteiger partial charge in [0.25, 0.3) is 0 Å². The van der Waals surface area contributed by atoms with Gasteiger partial charge >= 0.3 is 0 Å². The number of anilines is 1. The normalized spacial score (nSPS) is 14.9. The van der Waals surface area contributed by atoms with Gasteiger partial charge in [-0.1, -0.05) is 12.1 Å². The number of aromatic nitrogens is 2. The van der Waals surface area contributed by atoms with Gasteiger partial charge in [-0.15, -0.1) is 0 Å². The van der Waals surface area contributed by atoms with E-state index in [4.69, 9.17) is 0 Å². The molecule has 1 aromatic carbocycles. The van der Waals surface area contributed by atoms with Crippen LogP contribution in [0.2, 0.25) is 0 Å². The molecule has 1 aliphatic rings. The summed E-state index contributed by atoms with van der Waals surface area (Å²) in [6.45, 7) is 0.733. The third-order valence-corrected chi connectivity index (χ3v) is 3.01. The maximum absolute atomic E-state index is 11.7. The van der Waals surface area contributed by atoms with Crippen molar-refractivity contribution in [1.29, 1.82) is 0 Å². The monoisotopic (exact) mass is 244 g/mol. The van der Waals surface area contributed by atoms with E-state index >= 15 is 0 Å². The van der Waals surface area contributed by atoms with Crippen molar-refractivity contribution in [3.63, 3.8) is 0 Å². The van der Waals surface area contributed by atoms with Crippen molar-refractivity contribution in [2.24, 2.45) is 0 Å². The van der Waals surface area contributed by atoms with Crippen LogP contribution in [0.25, 0.3) is 11.0 Å². The first-order chi connectivity index (χ1) is 8.81. The number of aromatic amines is 1. The summed E-state index contributed by atoms with van der Waals surface area (Å²) in [6, 6.07) is 8.35. The highest BCUT2D eigenvalue weighted by molar-refractivity contribution is 5.91. The molecule has 1 amide bonds. The van der Waals surface area contributed by atoms with Crippen molar-refractivity contribution in [2.75, 3.05) is 11.9 Å². The molecule has 0 unspecified atom stereocenters. The van der Waals surface area contributed by atoms with E-state index in [0.29, 0.717) is 18.4 Å². The van der Waals surface area contributed by atoms with E-state index in [1.54, 1.807) is 0 Å². The number of hydrogen-bond acceptors (Lipinski definition) is 3. The maximum atomic E-state index is 11.7. The lowest BCUT2D eigenvalue weighted by Gasteiger charge is -2.02. The molecule has 94 valence electrons. The van der Waals surface area contributed by atoms with Gasteiger partial charge in [-0.2, -0.15) is 0 Å². The van der Waals surface area contributed by atoms with Gasteiger partial charge in [-0.25, -0.2) is 4.98 Å². The van der Waals surface area contributed by atoms with Crippen molar-refractivity contribution in [3.05, 3.63) is 24.3 Å². The van der Waals surface area contributed by atoms with E-state index < -0.39 is 0 Å². The number of imidazole rings is 1. The Balaban J connectivity index is 1.55. The number of nitrogens with one attached hydrogen (secondary N) is 3. The minimum atomic E-state index is -0.0118. The zero-order valence-corrected chi connectivity index (χ0v) is 10.1. The molecular weight excluding hydrogens is 228 g/mol. The molecule has 5 nitrogen and oxygen atoms in total. The van der Waals surface area contributed by atoms with Crippen molar-refractivity contribution in [3.8, 4) is 0 Å². The summed E-state index contributed by atoms with van der Waals surface area (Å²) in [7, 11) is 0. The van der Waals surface area contributed by atoms with Crippen LogP contribution in [0.3, 0.4) is 0 Å². The van der Waals surface area contributed by atoms with Gasteiger partial charge in [0.2, 0.25) is 11.9 Å². The molecule has 2 aromatic rings. The van der Waals surface area contributed by atoms with Crippen molar-refractivity contribution < 1.29 is 4.79 Å². The predicted molar refractivity (Wildman–Crippen MR) is 70.4 cm³/mol. The van der Waals surface area contributed by atoms with Crippen LogP contribution in [0.15, 0.2) is 24.3 Å². The molecule has 0 aliphatic heterocycles. The second kappa shape index (κ2) is 4.78. The maximum Gasteiger partial charge on any atom is 0.227 e. The van der Waals surface area contributed by atoms with Crippen LogP contribution in [0.4, 0.5) is 5.95 Å². The van der Waals surface area contributed by atoms with E-state index in [1.165, 1.54) is 12.8 Å². The minimum absolute atomic E-state index is 0.0118. The Morgan fingerprint density at radius 2 is 2.22 bits per heavy atom.